The van der Waals surface area contributed by atoms with Gasteiger partial charge in [-0.05, 0) is 52.0 Å². The lowest BCUT2D eigenvalue weighted by atomic mass is 10.2. The molecule has 0 N–H and O–H groups in total. The van der Waals surface area contributed by atoms with Gasteiger partial charge in [0.25, 0.3) is 5.91 Å². The van der Waals surface area contributed by atoms with E-state index >= 15 is 0 Å². The largest absolute Gasteiger partial charge is 0.334 e. The zero-order valence-electron chi connectivity index (χ0n) is 10.4. The Kier molecular flexibility index (Phi) is 4.71. The molecular weight excluding hydrogens is 329 g/mol. The summed E-state index contributed by atoms with van der Waals surface area (Å²) in [6.07, 6.45) is 0. The van der Waals surface area contributed by atoms with Crippen LogP contribution in [0.4, 0.5) is 4.39 Å². The summed E-state index contributed by atoms with van der Waals surface area (Å²) in [5, 5.41) is 1.87. The summed E-state index contributed by atoms with van der Waals surface area (Å²) in [6.45, 7) is 2.91. The molecule has 0 saturated heterocycles. The summed E-state index contributed by atoms with van der Waals surface area (Å²) in [5.74, 6) is -0.313. The number of rotatable bonds is 4. The molecule has 5 heteroatoms. The fourth-order valence-corrected chi connectivity index (χ4v) is 3.28. The van der Waals surface area contributed by atoms with E-state index < -0.39 is 0 Å². The first-order valence-corrected chi connectivity index (χ1v) is 7.55. The number of carbonyl (C=O) groups is 1. The first-order chi connectivity index (χ1) is 9.11. The molecule has 1 aromatic heterocycles. The standard InChI is InChI=1S/C14H13BrFNOS/c1-2-17(9-10-4-3-5-11(16)8-10)14(18)13-12(15)6-7-19-13/h3-8H,2,9H2,1H3. The Morgan fingerprint density at radius 3 is 2.79 bits per heavy atom. The van der Waals surface area contributed by atoms with Crippen molar-refractivity contribution in [3.05, 3.63) is 56.4 Å². The number of nitrogens with zero attached hydrogens (tertiary/aromatic N) is 1. The highest BCUT2D eigenvalue weighted by atomic mass is 79.9. The quantitative estimate of drug-likeness (QED) is 0.811. The molecule has 2 aromatic rings. The molecule has 0 bridgehead atoms. The molecule has 0 aliphatic rings. The first-order valence-electron chi connectivity index (χ1n) is 5.88. The average molecular weight is 342 g/mol. The predicted octanol–water partition coefficient (Wildman–Crippen LogP) is 4.31. The SMILES string of the molecule is CCN(Cc1cccc(F)c1)C(=O)c1sccc1Br. The van der Waals surface area contributed by atoms with Crippen molar-refractivity contribution < 1.29 is 9.18 Å². The molecule has 0 atom stereocenters. The maximum absolute atomic E-state index is 13.2. The van der Waals surface area contributed by atoms with Gasteiger partial charge in [-0.3, -0.25) is 4.79 Å². The lowest BCUT2D eigenvalue weighted by Crippen LogP contribution is -2.29. The fourth-order valence-electron chi connectivity index (χ4n) is 1.77. The second kappa shape index (κ2) is 6.30. The van der Waals surface area contributed by atoms with Crippen LogP contribution < -0.4 is 0 Å². The van der Waals surface area contributed by atoms with Gasteiger partial charge in [0.15, 0.2) is 0 Å². The first kappa shape index (κ1) is 14.2. The topological polar surface area (TPSA) is 20.3 Å². The van der Waals surface area contributed by atoms with Gasteiger partial charge in [-0.25, -0.2) is 4.39 Å². The molecule has 0 unspecified atom stereocenters. The number of halogens is 2. The molecule has 0 radical (unpaired) electrons. The number of carbonyl (C=O) groups excluding carboxylic acids is 1. The van der Waals surface area contributed by atoms with Crippen LogP contribution in [-0.2, 0) is 6.54 Å². The van der Waals surface area contributed by atoms with Crippen LogP contribution in [0, 0.1) is 5.82 Å². The summed E-state index contributed by atoms with van der Waals surface area (Å²) in [7, 11) is 0. The summed E-state index contributed by atoms with van der Waals surface area (Å²) in [6, 6.07) is 8.19. The summed E-state index contributed by atoms with van der Waals surface area (Å²) < 4.78 is 14.0. The van der Waals surface area contributed by atoms with E-state index in [0.29, 0.717) is 18.0 Å². The molecule has 19 heavy (non-hydrogen) atoms. The minimum absolute atomic E-state index is 0.0337. The summed E-state index contributed by atoms with van der Waals surface area (Å²) in [4.78, 5) is 14.7. The highest BCUT2D eigenvalue weighted by molar-refractivity contribution is 9.10. The minimum atomic E-state index is -0.279. The van der Waals surface area contributed by atoms with Crippen molar-refractivity contribution >= 4 is 33.2 Å². The van der Waals surface area contributed by atoms with Gasteiger partial charge in [-0.2, -0.15) is 0 Å². The van der Waals surface area contributed by atoms with E-state index in [1.807, 2.05) is 24.4 Å². The Balaban J connectivity index is 2.17. The van der Waals surface area contributed by atoms with Gasteiger partial charge in [0.1, 0.15) is 10.7 Å². The van der Waals surface area contributed by atoms with E-state index in [2.05, 4.69) is 15.9 Å². The number of amides is 1. The summed E-state index contributed by atoms with van der Waals surface area (Å²) in [5.41, 5.74) is 0.794. The number of thiophene rings is 1. The Morgan fingerprint density at radius 2 is 2.21 bits per heavy atom. The molecule has 0 aliphatic carbocycles. The van der Waals surface area contributed by atoms with Gasteiger partial charge in [-0.15, -0.1) is 11.3 Å². The van der Waals surface area contributed by atoms with E-state index in [0.717, 1.165) is 10.0 Å². The maximum atomic E-state index is 13.2. The van der Waals surface area contributed by atoms with Gasteiger partial charge >= 0.3 is 0 Å². The Morgan fingerprint density at radius 1 is 1.42 bits per heavy atom. The zero-order chi connectivity index (χ0) is 13.8. The van der Waals surface area contributed by atoms with Crippen LogP contribution in [-0.4, -0.2) is 17.4 Å². The molecule has 0 fully saturated rings. The van der Waals surface area contributed by atoms with E-state index in [-0.39, 0.29) is 11.7 Å². The molecule has 100 valence electrons. The molecule has 0 saturated carbocycles. The smallest absolute Gasteiger partial charge is 0.265 e. The Bertz CT molecular complexity index is 584. The van der Waals surface area contributed by atoms with Crippen molar-refractivity contribution in [2.75, 3.05) is 6.54 Å². The van der Waals surface area contributed by atoms with E-state index in [9.17, 15) is 9.18 Å². The van der Waals surface area contributed by atoms with Gasteiger partial charge in [0, 0.05) is 17.6 Å². The van der Waals surface area contributed by atoms with Crippen LogP contribution in [0.1, 0.15) is 22.2 Å². The Labute approximate surface area is 124 Å². The second-order valence-corrected chi connectivity index (χ2v) is 5.82. The van der Waals surface area contributed by atoms with Crippen LogP contribution in [0.15, 0.2) is 40.2 Å². The van der Waals surface area contributed by atoms with Crippen LogP contribution in [0.5, 0.6) is 0 Å². The van der Waals surface area contributed by atoms with Crippen LogP contribution in [0.3, 0.4) is 0 Å². The number of hydrogen-bond acceptors (Lipinski definition) is 2. The van der Waals surface area contributed by atoms with Crippen molar-refractivity contribution in [2.45, 2.75) is 13.5 Å². The Hall–Kier alpha value is -1.20. The highest BCUT2D eigenvalue weighted by Gasteiger charge is 2.18. The second-order valence-electron chi connectivity index (χ2n) is 4.05. The highest BCUT2D eigenvalue weighted by Crippen LogP contribution is 2.24. The van der Waals surface area contributed by atoms with Gasteiger partial charge in [0.2, 0.25) is 0 Å². The van der Waals surface area contributed by atoms with Crippen molar-refractivity contribution in [1.29, 1.82) is 0 Å². The van der Waals surface area contributed by atoms with Gasteiger partial charge in [0.05, 0.1) is 0 Å². The molecule has 1 amide bonds. The molecule has 1 aromatic carbocycles. The molecule has 0 spiro atoms. The van der Waals surface area contributed by atoms with Crippen LogP contribution in [0.25, 0.3) is 0 Å². The van der Waals surface area contributed by atoms with Crippen molar-refractivity contribution in [3.8, 4) is 0 Å². The molecular formula is C14H13BrFNOS. The molecule has 0 aliphatic heterocycles. The molecule has 2 rings (SSSR count). The molecule has 2 nitrogen and oxygen atoms in total. The minimum Gasteiger partial charge on any atom is -0.334 e. The molecule has 1 heterocycles. The van der Waals surface area contributed by atoms with Crippen molar-refractivity contribution in [1.82, 2.24) is 4.90 Å². The predicted molar refractivity (Wildman–Crippen MR) is 78.8 cm³/mol. The third-order valence-electron chi connectivity index (χ3n) is 2.74. The summed E-state index contributed by atoms with van der Waals surface area (Å²) >= 11 is 4.77. The van der Waals surface area contributed by atoms with Crippen molar-refractivity contribution in [2.24, 2.45) is 0 Å². The van der Waals surface area contributed by atoms with E-state index in [1.54, 1.807) is 11.0 Å². The van der Waals surface area contributed by atoms with E-state index in [4.69, 9.17) is 0 Å². The van der Waals surface area contributed by atoms with Crippen molar-refractivity contribution in [3.63, 3.8) is 0 Å². The van der Waals surface area contributed by atoms with E-state index in [1.165, 1.54) is 23.5 Å². The lowest BCUT2D eigenvalue weighted by molar-refractivity contribution is 0.0756. The number of benzene rings is 1. The van der Waals surface area contributed by atoms with Crippen LogP contribution in [0.2, 0.25) is 0 Å². The van der Waals surface area contributed by atoms with Gasteiger partial charge in [-0.1, -0.05) is 12.1 Å². The monoisotopic (exact) mass is 341 g/mol. The van der Waals surface area contributed by atoms with Gasteiger partial charge < -0.3 is 4.90 Å². The fraction of sp³-hybridized carbons (Fsp3) is 0.214. The maximum Gasteiger partial charge on any atom is 0.265 e. The normalized spacial score (nSPS) is 10.5. The zero-order valence-corrected chi connectivity index (χ0v) is 12.8. The lowest BCUT2D eigenvalue weighted by Gasteiger charge is -2.20. The van der Waals surface area contributed by atoms with Crippen LogP contribution >= 0.6 is 27.3 Å². The number of hydrogen-bond donors (Lipinski definition) is 0. The average Bonchev–Trinajstić information content (AvgIpc) is 2.81. The third-order valence-corrected chi connectivity index (χ3v) is 4.57. The third kappa shape index (κ3) is 3.42.